The maximum absolute atomic E-state index is 12.4. The van der Waals surface area contributed by atoms with Gasteiger partial charge >= 0.3 is 5.97 Å². The van der Waals surface area contributed by atoms with Gasteiger partial charge in [-0.25, -0.2) is 4.79 Å². The highest BCUT2D eigenvalue weighted by Gasteiger charge is 2.59. The molecule has 3 saturated carbocycles. The number of carbonyl (C=O) groups is 1. The van der Waals surface area contributed by atoms with Crippen molar-refractivity contribution in [3.05, 3.63) is 11.6 Å². The maximum Gasteiger partial charge on any atom is 0.332 e. The van der Waals surface area contributed by atoms with Gasteiger partial charge in [0.15, 0.2) is 0 Å². The number of carbonyl (C=O) groups excluding carboxylic acids is 1. The molecule has 0 spiro atoms. The van der Waals surface area contributed by atoms with Crippen LogP contribution in [0.3, 0.4) is 0 Å². The molecule has 2 N–H and O–H groups in total. The molecule has 0 aromatic rings. The van der Waals surface area contributed by atoms with Crippen LogP contribution < -0.4 is 5.73 Å². The minimum absolute atomic E-state index is 0.000815. The number of hydrogen-bond donors (Lipinski definition) is 1. The first kappa shape index (κ1) is 30.1. The summed E-state index contributed by atoms with van der Waals surface area (Å²) >= 11 is 0. The van der Waals surface area contributed by atoms with Crippen molar-refractivity contribution in [1.82, 2.24) is 0 Å². The quantitative estimate of drug-likeness (QED) is 0.158. The monoisotopic (exact) mass is 531 g/mol. The van der Waals surface area contributed by atoms with E-state index < -0.39 is 0 Å². The van der Waals surface area contributed by atoms with Gasteiger partial charge in [-0.15, -0.1) is 0 Å². The number of nitrogens with two attached hydrogens (primary N) is 1. The standard InChI is InChI=1S/C33H57NO4/c1-23(2)7-6-8-24(3)28-11-12-29-27-10-9-25-21-26(38-31(35)22-37-20-19-36-18-17-34)13-15-32(25,4)30(27)14-16-33(28,29)5/h9,23-24,26-30H,6-8,10-22,34H2,1-5H3/t24?,26-,27?,28?,29?,30?,32?,33?/m1/s1. The van der Waals surface area contributed by atoms with E-state index >= 15 is 0 Å². The average Bonchev–Trinajstić information content (AvgIpc) is 3.23. The second-order valence-electron chi connectivity index (χ2n) is 14.1. The summed E-state index contributed by atoms with van der Waals surface area (Å²) in [5.41, 5.74) is 7.79. The lowest BCUT2D eigenvalue weighted by Crippen LogP contribution is -2.51. The Morgan fingerprint density at radius 2 is 1.79 bits per heavy atom. The zero-order valence-corrected chi connectivity index (χ0v) is 25.1. The number of fused-ring (bicyclic) bond motifs is 5. The Kier molecular flexibility index (Phi) is 10.4. The van der Waals surface area contributed by atoms with Crippen molar-refractivity contribution in [3.8, 4) is 0 Å². The smallest absolute Gasteiger partial charge is 0.332 e. The average molecular weight is 532 g/mol. The summed E-state index contributed by atoms with van der Waals surface area (Å²) in [4.78, 5) is 12.4. The Labute approximate surface area is 233 Å². The molecular formula is C33H57NO4. The lowest BCUT2D eigenvalue weighted by Gasteiger charge is -2.58. The molecule has 3 fully saturated rings. The molecule has 218 valence electrons. The van der Waals surface area contributed by atoms with Crippen LogP contribution in [0.2, 0.25) is 0 Å². The molecule has 4 aliphatic carbocycles. The normalized spacial score (nSPS) is 37.2. The number of hydrogen-bond acceptors (Lipinski definition) is 5. The highest BCUT2D eigenvalue weighted by atomic mass is 16.6. The van der Waals surface area contributed by atoms with E-state index in [9.17, 15) is 4.79 Å². The van der Waals surface area contributed by atoms with Crippen molar-refractivity contribution in [2.45, 2.75) is 111 Å². The van der Waals surface area contributed by atoms with Crippen molar-refractivity contribution in [2.24, 2.45) is 52.1 Å². The van der Waals surface area contributed by atoms with Crippen molar-refractivity contribution < 1.29 is 19.0 Å². The predicted octanol–water partition coefficient (Wildman–Crippen LogP) is 6.93. The summed E-state index contributed by atoms with van der Waals surface area (Å²) in [5.74, 6) is 4.86. The van der Waals surface area contributed by atoms with Crippen LogP contribution in [-0.2, 0) is 19.0 Å². The zero-order chi connectivity index (χ0) is 27.3. The van der Waals surface area contributed by atoms with Crippen LogP contribution in [0.5, 0.6) is 0 Å². The first-order valence-corrected chi connectivity index (χ1v) is 15.9. The van der Waals surface area contributed by atoms with Gasteiger partial charge < -0.3 is 19.9 Å². The van der Waals surface area contributed by atoms with Crippen LogP contribution in [0, 0.1) is 46.3 Å². The van der Waals surface area contributed by atoms with Crippen LogP contribution in [-0.4, -0.2) is 45.0 Å². The van der Waals surface area contributed by atoms with Crippen molar-refractivity contribution in [2.75, 3.05) is 33.0 Å². The third-order valence-corrected chi connectivity index (χ3v) is 11.4. The molecule has 0 amide bonds. The molecule has 0 radical (unpaired) electrons. The Bertz CT molecular complexity index is 811. The molecule has 0 aromatic heterocycles. The lowest BCUT2D eigenvalue weighted by atomic mass is 9.47. The number of ether oxygens (including phenoxy) is 3. The molecule has 4 rings (SSSR count). The zero-order valence-electron chi connectivity index (χ0n) is 25.1. The highest BCUT2D eigenvalue weighted by Crippen LogP contribution is 2.67. The Hall–Kier alpha value is -0.910. The number of allylic oxidation sites excluding steroid dienone is 1. The fourth-order valence-corrected chi connectivity index (χ4v) is 9.43. The highest BCUT2D eigenvalue weighted by molar-refractivity contribution is 5.71. The summed E-state index contributed by atoms with van der Waals surface area (Å²) in [7, 11) is 0. The van der Waals surface area contributed by atoms with Crippen LogP contribution in [0.1, 0.15) is 105 Å². The molecule has 5 nitrogen and oxygen atoms in total. The summed E-state index contributed by atoms with van der Waals surface area (Å²) in [5, 5.41) is 0. The van der Waals surface area contributed by atoms with Crippen LogP contribution in [0.4, 0.5) is 0 Å². The maximum atomic E-state index is 12.4. The summed E-state index contributed by atoms with van der Waals surface area (Å²) in [6.07, 6.45) is 16.7. The molecule has 0 heterocycles. The first-order valence-electron chi connectivity index (χ1n) is 15.9. The van der Waals surface area contributed by atoms with E-state index in [0.717, 1.165) is 54.8 Å². The molecule has 7 unspecified atom stereocenters. The third kappa shape index (κ3) is 6.52. The van der Waals surface area contributed by atoms with Gasteiger partial charge in [-0.2, -0.15) is 0 Å². The van der Waals surface area contributed by atoms with Gasteiger partial charge in [0.05, 0.1) is 19.8 Å². The molecule has 0 saturated heterocycles. The lowest BCUT2D eigenvalue weighted by molar-refractivity contribution is -0.157. The molecule has 0 aromatic carbocycles. The van der Waals surface area contributed by atoms with Crippen LogP contribution in [0.25, 0.3) is 0 Å². The molecule has 38 heavy (non-hydrogen) atoms. The van der Waals surface area contributed by atoms with Gasteiger partial charge in [0.2, 0.25) is 0 Å². The molecular weight excluding hydrogens is 474 g/mol. The van der Waals surface area contributed by atoms with Gasteiger partial charge in [-0.1, -0.05) is 65.5 Å². The van der Waals surface area contributed by atoms with E-state index in [2.05, 4.69) is 40.7 Å². The Balaban J connectivity index is 1.31. The first-order chi connectivity index (χ1) is 18.2. The van der Waals surface area contributed by atoms with Gasteiger partial charge in [-0.3, -0.25) is 0 Å². The fraction of sp³-hybridized carbons (Fsp3) is 0.909. The van der Waals surface area contributed by atoms with Gasteiger partial charge in [0, 0.05) is 13.0 Å². The van der Waals surface area contributed by atoms with Gasteiger partial charge in [-0.05, 0) is 91.3 Å². The van der Waals surface area contributed by atoms with E-state index in [1.54, 1.807) is 5.57 Å². The van der Waals surface area contributed by atoms with Crippen LogP contribution in [0.15, 0.2) is 11.6 Å². The van der Waals surface area contributed by atoms with Crippen molar-refractivity contribution in [1.29, 1.82) is 0 Å². The van der Waals surface area contributed by atoms with Crippen LogP contribution >= 0.6 is 0 Å². The van der Waals surface area contributed by atoms with Gasteiger partial charge in [0.1, 0.15) is 12.7 Å². The van der Waals surface area contributed by atoms with E-state index in [0.29, 0.717) is 31.8 Å². The molecule has 8 atom stereocenters. The van der Waals surface area contributed by atoms with E-state index in [4.69, 9.17) is 19.9 Å². The topological polar surface area (TPSA) is 70.8 Å². The van der Waals surface area contributed by atoms with Crippen molar-refractivity contribution in [3.63, 3.8) is 0 Å². The third-order valence-electron chi connectivity index (χ3n) is 11.4. The number of esters is 1. The Morgan fingerprint density at radius 1 is 1.00 bits per heavy atom. The minimum Gasteiger partial charge on any atom is -0.460 e. The molecule has 0 bridgehead atoms. The van der Waals surface area contributed by atoms with E-state index in [1.165, 1.54) is 51.4 Å². The Morgan fingerprint density at radius 3 is 2.55 bits per heavy atom. The van der Waals surface area contributed by atoms with Gasteiger partial charge in [0.25, 0.3) is 0 Å². The summed E-state index contributed by atoms with van der Waals surface area (Å²) in [6.45, 7) is 14.4. The van der Waals surface area contributed by atoms with E-state index in [1.807, 2.05) is 0 Å². The van der Waals surface area contributed by atoms with Crippen molar-refractivity contribution >= 4 is 5.97 Å². The van der Waals surface area contributed by atoms with E-state index in [-0.39, 0.29) is 24.1 Å². The minimum atomic E-state index is -0.250. The predicted molar refractivity (Wildman–Crippen MR) is 154 cm³/mol. The largest absolute Gasteiger partial charge is 0.460 e. The number of rotatable bonds is 13. The molecule has 0 aliphatic heterocycles. The second kappa shape index (κ2) is 13.2. The second-order valence-corrected chi connectivity index (χ2v) is 14.1. The summed E-state index contributed by atoms with van der Waals surface area (Å²) < 4.78 is 16.6. The summed E-state index contributed by atoms with van der Waals surface area (Å²) in [6, 6.07) is 0. The molecule has 5 heteroatoms. The fourth-order valence-electron chi connectivity index (χ4n) is 9.43. The SMILES string of the molecule is CC(C)CCCC(C)C1CCC2C3CC=C4C[C@H](OC(=O)COCCOCCN)CCC4(C)C3CCC12C. The molecule has 4 aliphatic rings.